The molecule has 0 aromatic heterocycles. The molecule has 0 radical (unpaired) electrons. The molecule has 1 aromatic carbocycles. The summed E-state index contributed by atoms with van der Waals surface area (Å²) in [6, 6.07) is 5.15. The molecule has 0 aliphatic rings. The average Bonchev–Trinajstić information content (AvgIpc) is 2.27. The van der Waals surface area contributed by atoms with Gasteiger partial charge in [-0.15, -0.1) is 0 Å². The van der Waals surface area contributed by atoms with Crippen molar-refractivity contribution < 1.29 is 4.39 Å². The van der Waals surface area contributed by atoms with Crippen LogP contribution in [-0.4, -0.2) is 18.1 Å². The molecular formula is C14H22ClFN2. The molecular weight excluding hydrogens is 251 g/mol. The fourth-order valence-corrected chi connectivity index (χ4v) is 1.68. The van der Waals surface area contributed by atoms with E-state index < -0.39 is 0 Å². The van der Waals surface area contributed by atoms with Crippen LogP contribution in [-0.2, 0) is 6.54 Å². The fraction of sp³-hybridized carbons (Fsp3) is 0.571. The summed E-state index contributed by atoms with van der Waals surface area (Å²) in [4.78, 5) is 0. The van der Waals surface area contributed by atoms with Gasteiger partial charge in [0.1, 0.15) is 5.82 Å². The zero-order valence-electron chi connectivity index (χ0n) is 11.5. The van der Waals surface area contributed by atoms with Gasteiger partial charge < -0.3 is 10.6 Å². The van der Waals surface area contributed by atoms with E-state index in [-0.39, 0.29) is 16.4 Å². The summed E-state index contributed by atoms with van der Waals surface area (Å²) in [6.45, 7) is 10.1. The Hall–Kier alpha value is -0.640. The molecule has 0 amide bonds. The van der Waals surface area contributed by atoms with Gasteiger partial charge in [-0.3, -0.25) is 0 Å². The molecule has 1 atom stereocenters. The van der Waals surface area contributed by atoms with Crippen LogP contribution in [0.4, 0.5) is 4.39 Å². The molecule has 0 aliphatic heterocycles. The first-order chi connectivity index (χ1) is 8.28. The van der Waals surface area contributed by atoms with Gasteiger partial charge in [0.05, 0.1) is 5.02 Å². The summed E-state index contributed by atoms with van der Waals surface area (Å²) in [5.74, 6) is -0.372. The predicted molar refractivity (Wildman–Crippen MR) is 75.5 cm³/mol. The van der Waals surface area contributed by atoms with Gasteiger partial charge in [0, 0.05) is 24.7 Å². The molecule has 1 unspecified atom stereocenters. The summed E-state index contributed by atoms with van der Waals surface area (Å²) in [7, 11) is 0. The van der Waals surface area contributed by atoms with E-state index >= 15 is 0 Å². The minimum Gasteiger partial charge on any atom is -0.311 e. The average molecular weight is 273 g/mol. The number of hydrogen-bond donors (Lipinski definition) is 2. The van der Waals surface area contributed by atoms with Crippen LogP contribution in [0.15, 0.2) is 18.2 Å². The van der Waals surface area contributed by atoms with Gasteiger partial charge in [-0.05, 0) is 45.4 Å². The maximum atomic E-state index is 13.0. The quantitative estimate of drug-likeness (QED) is 0.859. The highest BCUT2D eigenvalue weighted by molar-refractivity contribution is 6.30. The monoisotopic (exact) mass is 272 g/mol. The Balaban J connectivity index is 2.38. The third-order valence-electron chi connectivity index (χ3n) is 2.58. The van der Waals surface area contributed by atoms with Crippen molar-refractivity contribution in [2.24, 2.45) is 0 Å². The molecule has 0 bridgehead atoms. The van der Waals surface area contributed by atoms with Crippen LogP contribution in [0.3, 0.4) is 0 Å². The van der Waals surface area contributed by atoms with Crippen molar-refractivity contribution >= 4 is 11.6 Å². The summed E-state index contributed by atoms with van der Waals surface area (Å²) in [6.07, 6.45) is 0. The highest BCUT2D eigenvalue weighted by Gasteiger charge is 2.10. The second-order valence-electron chi connectivity index (χ2n) is 5.66. The zero-order valence-corrected chi connectivity index (χ0v) is 12.2. The van der Waals surface area contributed by atoms with E-state index in [0.29, 0.717) is 12.6 Å². The van der Waals surface area contributed by atoms with Gasteiger partial charge in [-0.2, -0.15) is 0 Å². The summed E-state index contributed by atoms with van der Waals surface area (Å²) in [5, 5.41) is 6.98. The Bertz CT molecular complexity index is 388. The lowest BCUT2D eigenvalue weighted by molar-refractivity contribution is 0.387. The number of benzene rings is 1. The molecule has 0 fully saturated rings. The molecule has 102 valence electrons. The smallest absolute Gasteiger partial charge is 0.141 e. The minimum atomic E-state index is -0.372. The molecule has 18 heavy (non-hydrogen) atoms. The first-order valence-electron chi connectivity index (χ1n) is 6.20. The second kappa shape index (κ2) is 6.50. The highest BCUT2D eigenvalue weighted by Crippen LogP contribution is 2.15. The van der Waals surface area contributed by atoms with E-state index in [2.05, 4.69) is 38.3 Å². The van der Waals surface area contributed by atoms with Crippen molar-refractivity contribution in [2.75, 3.05) is 6.54 Å². The lowest BCUT2D eigenvalue weighted by atomic mass is 10.1. The Morgan fingerprint density at radius 1 is 1.33 bits per heavy atom. The van der Waals surface area contributed by atoms with Crippen LogP contribution in [0.1, 0.15) is 33.3 Å². The van der Waals surface area contributed by atoms with Crippen molar-refractivity contribution in [1.82, 2.24) is 10.6 Å². The van der Waals surface area contributed by atoms with E-state index in [1.807, 2.05) is 0 Å². The Kier molecular flexibility index (Phi) is 5.57. The largest absolute Gasteiger partial charge is 0.311 e. The first-order valence-corrected chi connectivity index (χ1v) is 6.58. The molecule has 0 heterocycles. The van der Waals surface area contributed by atoms with Gasteiger partial charge in [0.2, 0.25) is 0 Å². The van der Waals surface area contributed by atoms with Crippen molar-refractivity contribution in [3.05, 3.63) is 34.6 Å². The van der Waals surface area contributed by atoms with Crippen LogP contribution >= 0.6 is 11.6 Å². The zero-order chi connectivity index (χ0) is 13.8. The van der Waals surface area contributed by atoms with Crippen molar-refractivity contribution in [2.45, 2.75) is 45.8 Å². The molecule has 0 aliphatic carbocycles. The van der Waals surface area contributed by atoms with Crippen molar-refractivity contribution in [1.29, 1.82) is 0 Å². The third kappa shape index (κ3) is 5.80. The summed E-state index contributed by atoms with van der Waals surface area (Å²) >= 11 is 5.74. The van der Waals surface area contributed by atoms with Crippen LogP contribution in [0.2, 0.25) is 5.02 Å². The Labute approximate surface area is 114 Å². The maximum absolute atomic E-state index is 13.0. The van der Waals surface area contributed by atoms with Crippen LogP contribution in [0.25, 0.3) is 0 Å². The van der Waals surface area contributed by atoms with E-state index in [1.54, 1.807) is 12.1 Å². The number of hydrogen-bond acceptors (Lipinski definition) is 2. The summed E-state index contributed by atoms with van der Waals surface area (Å²) < 4.78 is 13.0. The number of rotatable bonds is 5. The maximum Gasteiger partial charge on any atom is 0.141 e. The Morgan fingerprint density at radius 3 is 2.56 bits per heavy atom. The molecule has 1 rings (SSSR count). The molecule has 2 N–H and O–H groups in total. The highest BCUT2D eigenvalue weighted by atomic mass is 35.5. The van der Waals surface area contributed by atoms with Gasteiger partial charge in [-0.1, -0.05) is 17.7 Å². The second-order valence-corrected chi connectivity index (χ2v) is 6.07. The van der Waals surface area contributed by atoms with Gasteiger partial charge in [-0.25, -0.2) is 4.39 Å². The fourth-order valence-electron chi connectivity index (χ4n) is 1.47. The molecule has 0 saturated heterocycles. The van der Waals surface area contributed by atoms with Crippen LogP contribution < -0.4 is 10.6 Å². The van der Waals surface area contributed by atoms with Gasteiger partial charge in [0.25, 0.3) is 0 Å². The number of nitrogens with one attached hydrogen (secondary N) is 2. The lowest BCUT2D eigenvalue weighted by Gasteiger charge is -2.24. The third-order valence-corrected chi connectivity index (χ3v) is 2.87. The summed E-state index contributed by atoms with van der Waals surface area (Å²) in [5.41, 5.74) is 1.11. The topological polar surface area (TPSA) is 24.1 Å². The van der Waals surface area contributed by atoms with E-state index in [9.17, 15) is 4.39 Å². The molecule has 0 saturated carbocycles. The first kappa shape index (κ1) is 15.4. The van der Waals surface area contributed by atoms with Crippen molar-refractivity contribution in [3.63, 3.8) is 0 Å². The molecule has 4 heteroatoms. The van der Waals surface area contributed by atoms with Crippen LogP contribution in [0.5, 0.6) is 0 Å². The standard InChI is InChI=1S/C14H22ClFN2/c1-10(8-18-14(2,3)4)17-9-11-5-6-13(16)12(15)7-11/h5-7,10,17-18H,8-9H2,1-4H3. The predicted octanol–water partition coefficient (Wildman–Crippen LogP) is 3.35. The van der Waals surface area contributed by atoms with E-state index in [1.165, 1.54) is 6.07 Å². The van der Waals surface area contributed by atoms with E-state index in [4.69, 9.17) is 11.6 Å². The Morgan fingerprint density at radius 2 is 2.00 bits per heavy atom. The van der Waals surface area contributed by atoms with Gasteiger partial charge >= 0.3 is 0 Å². The number of halogens is 2. The molecule has 1 aromatic rings. The van der Waals surface area contributed by atoms with E-state index in [0.717, 1.165) is 12.1 Å². The normalized spacial score (nSPS) is 13.7. The SMILES string of the molecule is CC(CNC(C)(C)C)NCc1ccc(F)c(Cl)c1. The molecule has 0 spiro atoms. The van der Waals surface area contributed by atoms with Crippen LogP contribution in [0, 0.1) is 5.82 Å². The lowest BCUT2D eigenvalue weighted by Crippen LogP contribution is -2.44. The van der Waals surface area contributed by atoms with Gasteiger partial charge in [0.15, 0.2) is 0 Å². The minimum absolute atomic E-state index is 0.120. The van der Waals surface area contributed by atoms with Crippen molar-refractivity contribution in [3.8, 4) is 0 Å². The molecule has 2 nitrogen and oxygen atoms in total.